The zero-order valence-corrected chi connectivity index (χ0v) is 18.2. The minimum atomic E-state index is 0.102. The lowest BCUT2D eigenvalue weighted by Gasteiger charge is -2.35. The van der Waals surface area contributed by atoms with Crippen molar-refractivity contribution in [3.05, 3.63) is 48.0 Å². The maximum atomic E-state index is 12.7. The van der Waals surface area contributed by atoms with Crippen LogP contribution in [0, 0.1) is 6.92 Å². The molecule has 0 radical (unpaired) electrons. The van der Waals surface area contributed by atoms with Gasteiger partial charge in [0.1, 0.15) is 11.6 Å². The molecule has 0 aliphatic carbocycles. The first-order valence-electron chi connectivity index (χ1n) is 10.6. The Balaban J connectivity index is 1.30. The summed E-state index contributed by atoms with van der Waals surface area (Å²) in [5.74, 6) is 3.17. The number of aryl methyl sites for hydroxylation is 2. The van der Waals surface area contributed by atoms with Crippen LogP contribution in [-0.2, 0) is 11.2 Å². The smallest absolute Gasteiger partial charge is 0.227 e. The van der Waals surface area contributed by atoms with Gasteiger partial charge in [0.25, 0.3) is 0 Å². The van der Waals surface area contributed by atoms with Crippen molar-refractivity contribution in [1.29, 1.82) is 0 Å². The Bertz CT molecular complexity index is 1030. The van der Waals surface area contributed by atoms with Crippen LogP contribution in [0.25, 0.3) is 11.4 Å². The third kappa shape index (κ3) is 5.04. The zero-order valence-electron chi connectivity index (χ0n) is 18.2. The molecule has 1 amide bonds. The highest BCUT2D eigenvalue weighted by atomic mass is 16.5. The lowest BCUT2D eigenvalue weighted by Crippen LogP contribution is -2.49. The fourth-order valence-corrected chi connectivity index (χ4v) is 3.53. The monoisotopic (exact) mass is 421 g/mol. The van der Waals surface area contributed by atoms with Crippen LogP contribution >= 0.6 is 0 Å². The van der Waals surface area contributed by atoms with Gasteiger partial charge in [0.2, 0.25) is 17.6 Å². The van der Waals surface area contributed by atoms with Crippen LogP contribution < -0.4 is 4.90 Å². The van der Waals surface area contributed by atoms with Crippen LogP contribution in [0.5, 0.6) is 0 Å². The van der Waals surface area contributed by atoms with E-state index < -0.39 is 0 Å². The topological polar surface area (TPSA) is 101 Å². The number of pyridine rings is 1. The van der Waals surface area contributed by atoms with Gasteiger partial charge in [-0.1, -0.05) is 19.0 Å². The standard InChI is InChI=1S/C22H27N7O2/c1-15(2)21-24-16(3)14-18(25-21)28-10-12-29(13-11-28)20(30)5-4-19-26-22(27-31-19)17-6-8-23-9-7-17/h6-9,14-15H,4-5,10-13H2,1-3H3. The molecule has 9 heteroatoms. The number of amides is 1. The van der Waals surface area contributed by atoms with Gasteiger partial charge in [-0.05, 0) is 19.1 Å². The maximum Gasteiger partial charge on any atom is 0.227 e. The molecule has 0 unspecified atom stereocenters. The van der Waals surface area contributed by atoms with Crippen LogP contribution in [0.1, 0.15) is 43.6 Å². The predicted molar refractivity (Wildman–Crippen MR) is 116 cm³/mol. The first-order valence-corrected chi connectivity index (χ1v) is 10.6. The Morgan fingerprint density at radius 1 is 1.10 bits per heavy atom. The number of nitrogens with zero attached hydrogens (tertiary/aromatic N) is 7. The Kier molecular flexibility index (Phi) is 6.20. The molecule has 3 aromatic rings. The Morgan fingerprint density at radius 3 is 2.55 bits per heavy atom. The molecule has 1 aliphatic heterocycles. The lowest BCUT2D eigenvalue weighted by atomic mass is 10.2. The number of carbonyl (C=O) groups is 1. The number of hydrogen-bond donors (Lipinski definition) is 0. The van der Waals surface area contributed by atoms with E-state index in [9.17, 15) is 4.79 Å². The predicted octanol–water partition coefficient (Wildman–Crippen LogP) is 2.63. The molecule has 1 saturated heterocycles. The van der Waals surface area contributed by atoms with Crippen LogP contribution in [0.3, 0.4) is 0 Å². The molecule has 0 spiro atoms. The zero-order chi connectivity index (χ0) is 21.8. The molecule has 162 valence electrons. The molecule has 0 saturated carbocycles. The van der Waals surface area contributed by atoms with Gasteiger partial charge in [0.15, 0.2) is 0 Å². The minimum Gasteiger partial charge on any atom is -0.353 e. The highest BCUT2D eigenvalue weighted by molar-refractivity contribution is 5.76. The molecule has 0 N–H and O–H groups in total. The Morgan fingerprint density at radius 2 is 1.84 bits per heavy atom. The van der Waals surface area contributed by atoms with Crippen LogP contribution in [0.4, 0.5) is 5.82 Å². The fraction of sp³-hybridized carbons (Fsp3) is 0.455. The number of anilines is 1. The summed E-state index contributed by atoms with van der Waals surface area (Å²) in [6.07, 6.45) is 4.14. The first-order chi connectivity index (χ1) is 15.0. The third-order valence-corrected chi connectivity index (χ3v) is 5.29. The van der Waals surface area contributed by atoms with E-state index in [1.54, 1.807) is 12.4 Å². The Labute approximate surface area is 181 Å². The van der Waals surface area contributed by atoms with E-state index in [-0.39, 0.29) is 11.8 Å². The van der Waals surface area contributed by atoms with Crippen LogP contribution in [0.2, 0.25) is 0 Å². The van der Waals surface area contributed by atoms with Crippen LogP contribution in [0.15, 0.2) is 35.1 Å². The highest BCUT2D eigenvalue weighted by Crippen LogP contribution is 2.19. The molecule has 9 nitrogen and oxygen atoms in total. The van der Waals surface area contributed by atoms with E-state index in [1.165, 1.54) is 0 Å². The molecule has 3 aromatic heterocycles. The second-order valence-corrected chi connectivity index (χ2v) is 8.00. The van der Waals surface area contributed by atoms with Gasteiger partial charge in [0, 0.05) is 74.7 Å². The summed E-state index contributed by atoms with van der Waals surface area (Å²) in [6, 6.07) is 5.66. The number of hydrogen-bond acceptors (Lipinski definition) is 8. The van der Waals surface area contributed by atoms with Crippen molar-refractivity contribution in [2.45, 2.75) is 39.5 Å². The van der Waals surface area contributed by atoms with E-state index in [4.69, 9.17) is 9.51 Å². The Hall–Kier alpha value is -3.36. The summed E-state index contributed by atoms with van der Waals surface area (Å²) in [4.78, 5) is 34.4. The first kappa shape index (κ1) is 20.9. The number of aromatic nitrogens is 5. The summed E-state index contributed by atoms with van der Waals surface area (Å²) < 4.78 is 5.30. The third-order valence-electron chi connectivity index (χ3n) is 5.29. The van der Waals surface area contributed by atoms with Gasteiger partial charge in [-0.15, -0.1) is 0 Å². The molecular weight excluding hydrogens is 394 g/mol. The SMILES string of the molecule is Cc1cc(N2CCN(C(=O)CCc3nc(-c4ccncc4)no3)CC2)nc(C(C)C)n1. The molecule has 4 heterocycles. The van der Waals surface area contributed by atoms with Crippen molar-refractivity contribution in [3.8, 4) is 11.4 Å². The molecule has 0 atom stereocenters. The summed E-state index contributed by atoms with van der Waals surface area (Å²) in [7, 11) is 0. The highest BCUT2D eigenvalue weighted by Gasteiger charge is 2.23. The van der Waals surface area contributed by atoms with E-state index in [0.29, 0.717) is 37.6 Å². The summed E-state index contributed by atoms with van der Waals surface area (Å²) in [6.45, 7) is 9.04. The molecule has 1 aliphatic rings. The van der Waals surface area contributed by atoms with Crippen molar-refractivity contribution in [1.82, 2.24) is 30.0 Å². The summed E-state index contributed by atoms with van der Waals surface area (Å²) in [5.41, 5.74) is 1.81. The van der Waals surface area contributed by atoms with Crippen molar-refractivity contribution >= 4 is 11.7 Å². The van der Waals surface area contributed by atoms with E-state index in [0.717, 1.165) is 36.0 Å². The number of rotatable bonds is 6. The average molecular weight is 422 g/mol. The van der Waals surface area contributed by atoms with E-state index in [2.05, 4.69) is 38.9 Å². The summed E-state index contributed by atoms with van der Waals surface area (Å²) >= 11 is 0. The van der Waals surface area contributed by atoms with Crippen molar-refractivity contribution in [2.75, 3.05) is 31.1 Å². The van der Waals surface area contributed by atoms with Gasteiger partial charge in [-0.3, -0.25) is 9.78 Å². The van der Waals surface area contributed by atoms with Crippen molar-refractivity contribution in [2.24, 2.45) is 0 Å². The molecular formula is C22H27N7O2. The fourth-order valence-electron chi connectivity index (χ4n) is 3.53. The quantitative estimate of drug-likeness (QED) is 0.599. The maximum absolute atomic E-state index is 12.7. The van der Waals surface area contributed by atoms with Gasteiger partial charge in [0.05, 0.1) is 0 Å². The normalized spacial score (nSPS) is 14.3. The molecule has 0 bridgehead atoms. The molecule has 4 rings (SSSR count). The molecule has 0 aromatic carbocycles. The van der Waals surface area contributed by atoms with Crippen LogP contribution in [-0.4, -0.2) is 62.1 Å². The largest absolute Gasteiger partial charge is 0.353 e. The summed E-state index contributed by atoms with van der Waals surface area (Å²) in [5, 5.41) is 3.99. The lowest BCUT2D eigenvalue weighted by molar-refractivity contribution is -0.131. The average Bonchev–Trinajstić information content (AvgIpc) is 3.27. The van der Waals surface area contributed by atoms with Gasteiger partial charge < -0.3 is 14.3 Å². The molecule has 1 fully saturated rings. The van der Waals surface area contributed by atoms with Gasteiger partial charge in [-0.25, -0.2) is 9.97 Å². The van der Waals surface area contributed by atoms with E-state index >= 15 is 0 Å². The van der Waals surface area contributed by atoms with E-state index in [1.807, 2.05) is 30.0 Å². The minimum absolute atomic E-state index is 0.102. The second kappa shape index (κ2) is 9.20. The number of piperazine rings is 1. The van der Waals surface area contributed by atoms with Gasteiger partial charge >= 0.3 is 0 Å². The van der Waals surface area contributed by atoms with Gasteiger partial charge in [-0.2, -0.15) is 4.98 Å². The van der Waals surface area contributed by atoms with Crippen molar-refractivity contribution < 1.29 is 9.32 Å². The molecule has 31 heavy (non-hydrogen) atoms. The number of carbonyl (C=O) groups excluding carboxylic acids is 1. The second-order valence-electron chi connectivity index (χ2n) is 8.00. The van der Waals surface area contributed by atoms with Crippen molar-refractivity contribution in [3.63, 3.8) is 0 Å².